The van der Waals surface area contributed by atoms with Gasteiger partial charge in [-0.15, -0.1) is 0 Å². The first-order chi connectivity index (χ1) is 6.66. The van der Waals surface area contributed by atoms with Crippen LogP contribution in [0.2, 0.25) is 0 Å². The summed E-state index contributed by atoms with van der Waals surface area (Å²) >= 11 is 0. The van der Waals surface area contributed by atoms with E-state index in [1.807, 2.05) is 0 Å². The van der Waals surface area contributed by atoms with Gasteiger partial charge in [0.2, 0.25) is 0 Å². The highest BCUT2D eigenvalue weighted by atomic mass is 16.3. The number of nitrogens with zero attached hydrogens (tertiary/aromatic N) is 2. The van der Waals surface area contributed by atoms with Crippen molar-refractivity contribution in [1.82, 2.24) is 9.80 Å². The number of piperidine rings is 1. The van der Waals surface area contributed by atoms with Crippen molar-refractivity contribution in [1.29, 1.82) is 0 Å². The second-order valence-electron chi connectivity index (χ2n) is 4.09. The number of hydrogen-bond donors (Lipinski definition) is 1. The zero-order valence-electron chi connectivity index (χ0n) is 9.79. The molecule has 0 aromatic rings. The first-order valence-electron chi connectivity index (χ1n) is 5.86. The van der Waals surface area contributed by atoms with E-state index >= 15 is 0 Å². The fourth-order valence-electron chi connectivity index (χ4n) is 2.36. The molecule has 0 bridgehead atoms. The first kappa shape index (κ1) is 12.0. The van der Waals surface area contributed by atoms with Crippen LogP contribution in [0.15, 0.2) is 0 Å². The summed E-state index contributed by atoms with van der Waals surface area (Å²) in [6, 6.07) is 0. The lowest BCUT2D eigenvalue weighted by Gasteiger charge is -2.44. The summed E-state index contributed by atoms with van der Waals surface area (Å²) in [5.74, 6) is 0. The summed E-state index contributed by atoms with van der Waals surface area (Å²) in [5, 5.41) is 10.4. The molecule has 0 atom stereocenters. The maximum Gasteiger partial charge on any atom is 0.120 e. The molecule has 0 spiro atoms. The maximum absolute atomic E-state index is 10.4. The first-order valence-corrected chi connectivity index (χ1v) is 5.86. The Bertz CT molecular complexity index is 161. The minimum Gasteiger partial charge on any atom is -0.376 e. The van der Waals surface area contributed by atoms with Crippen LogP contribution in [0.25, 0.3) is 0 Å². The number of likely N-dealkylation sites (tertiary alicyclic amines) is 1. The fourth-order valence-corrected chi connectivity index (χ4v) is 2.36. The molecule has 0 unspecified atom stereocenters. The van der Waals surface area contributed by atoms with Gasteiger partial charge in [0.25, 0.3) is 0 Å². The molecule has 0 amide bonds. The van der Waals surface area contributed by atoms with Gasteiger partial charge in [-0.05, 0) is 19.6 Å². The summed E-state index contributed by atoms with van der Waals surface area (Å²) in [7, 11) is 0. The van der Waals surface area contributed by atoms with E-state index in [1.54, 1.807) is 0 Å². The van der Waals surface area contributed by atoms with Crippen LogP contribution in [0.1, 0.15) is 33.6 Å². The van der Waals surface area contributed by atoms with Crippen molar-refractivity contribution in [2.75, 3.05) is 32.7 Å². The molecule has 1 saturated heterocycles. The molecule has 0 aromatic heterocycles. The molecule has 1 fully saturated rings. The Labute approximate surface area is 87.7 Å². The molecule has 1 aliphatic rings. The van der Waals surface area contributed by atoms with Crippen LogP contribution < -0.4 is 0 Å². The van der Waals surface area contributed by atoms with E-state index in [2.05, 4.69) is 30.6 Å². The number of hydrogen-bond acceptors (Lipinski definition) is 3. The molecule has 1 heterocycles. The van der Waals surface area contributed by atoms with Gasteiger partial charge in [-0.3, -0.25) is 4.90 Å². The molecule has 3 heteroatoms. The standard InChI is InChI=1S/C11H24N2O/c1-4-12-9-7-11(14,8-10-12)13(5-2)6-3/h14H,4-10H2,1-3H3. The SMILES string of the molecule is CCN1CCC(O)(N(CC)CC)CC1. The van der Waals surface area contributed by atoms with Gasteiger partial charge in [0.15, 0.2) is 0 Å². The molecule has 0 aromatic carbocycles. The molecule has 84 valence electrons. The Morgan fingerprint density at radius 2 is 1.64 bits per heavy atom. The van der Waals surface area contributed by atoms with Gasteiger partial charge in [0, 0.05) is 25.9 Å². The Morgan fingerprint density at radius 3 is 2.00 bits per heavy atom. The van der Waals surface area contributed by atoms with Crippen molar-refractivity contribution < 1.29 is 5.11 Å². The van der Waals surface area contributed by atoms with Gasteiger partial charge in [-0.2, -0.15) is 0 Å². The average Bonchev–Trinajstić information content (AvgIpc) is 2.20. The Hall–Kier alpha value is -0.120. The molecule has 0 radical (unpaired) electrons. The molecule has 0 aliphatic carbocycles. The normalized spacial score (nSPS) is 22.9. The van der Waals surface area contributed by atoms with Crippen molar-refractivity contribution in [2.45, 2.75) is 39.3 Å². The molecule has 1 aliphatic heterocycles. The van der Waals surface area contributed by atoms with Crippen LogP contribution in [0, 0.1) is 0 Å². The van der Waals surface area contributed by atoms with Gasteiger partial charge >= 0.3 is 0 Å². The smallest absolute Gasteiger partial charge is 0.120 e. The van der Waals surface area contributed by atoms with E-state index in [-0.39, 0.29) is 0 Å². The van der Waals surface area contributed by atoms with Gasteiger partial charge in [-0.1, -0.05) is 20.8 Å². The Kier molecular flexibility index (Phi) is 4.35. The highest BCUT2D eigenvalue weighted by molar-refractivity contribution is 4.85. The van der Waals surface area contributed by atoms with Crippen molar-refractivity contribution in [3.8, 4) is 0 Å². The van der Waals surface area contributed by atoms with Gasteiger partial charge in [0.05, 0.1) is 0 Å². The summed E-state index contributed by atoms with van der Waals surface area (Å²) < 4.78 is 0. The van der Waals surface area contributed by atoms with Gasteiger partial charge < -0.3 is 10.0 Å². The van der Waals surface area contributed by atoms with Crippen LogP contribution in [-0.4, -0.2) is 53.4 Å². The van der Waals surface area contributed by atoms with E-state index in [0.717, 1.165) is 45.6 Å². The zero-order chi connectivity index (χ0) is 10.6. The van der Waals surface area contributed by atoms with E-state index in [1.165, 1.54) is 0 Å². The van der Waals surface area contributed by atoms with Crippen LogP contribution >= 0.6 is 0 Å². The number of aliphatic hydroxyl groups is 1. The zero-order valence-corrected chi connectivity index (χ0v) is 9.79. The lowest BCUT2D eigenvalue weighted by Crippen LogP contribution is -2.55. The second-order valence-corrected chi connectivity index (χ2v) is 4.09. The summed E-state index contributed by atoms with van der Waals surface area (Å²) in [6.07, 6.45) is 1.78. The predicted octanol–water partition coefficient (Wildman–Crippen LogP) is 1.13. The van der Waals surface area contributed by atoms with Crippen molar-refractivity contribution in [2.24, 2.45) is 0 Å². The molecular weight excluding hydrogens is 176 g/mol. The van der Waals surface area contributed by atoms with E-state index in [0.29, 0.717) is 0 Å². The lowest BCUT2D eigenvalue weighted by molar-refractivity contribution is -0.138. The quantitative estimate of drug-likeness (QED) is 0.689. The third kappa shape index (κ3) is 2.47. The van der Waals surface area contributed by atoms with Gasteiger partial charge in [-0.25, -0.2) is 0 Å². The minimum atomic E-state index is -0.533. The molecule has 0 saturated carbocycles. The predicted molar refractivity (Wildman–Crippen MR) is 59.2 cm³/mol. The Morgan fingerprint density at radius 1 is 1.14 bits per heavy atom. The van der Waals surface area contributed by atoms with Crippen LogP contribution in [0.3, 0.4) is 0 Å². The van der Waals surface area contributed by atoms with Crippen molar-refractivity contribution >= 4 is 0 Å². The lowest BCUT2D eigenvalue weighted by atomic mass is 9.98. The largest absolute Gasteiger partial charge is 0.376 e. The van der Waals surface area contributed by atoms with E-state index in [9.17, 15) is 5.11 Å². The van der Waals surface area contributed by atoms with E-state index in [4.69, 9.17) is 0 Å². The molecule has 14 heavy (non-hydrogen) atoms. The van der Waals surface area contributed by atoms with Crippen LogP contribution in [-0.2, 0) is 0 Å². The summed E-state index contributed by atoms with van der Waals surface area (Å²) in [4.78, 5) is 4.58. The highest BCUT2D eigenvalue weighted by Crippen LogP contribution is 2.25. The highest BCUT2D eigenvalue weighted by Gasteiger charge is 2.35. The molecule has 3 nitrogen and oxygen atoms in total. The topological polar surface area (TPSA) is 26.7 Å². The van der Waals surface area contributed by atoms with E-state index < -0.39 is 5.72 Å². The fraction of sp³-hybridized carbons (Fsp3) is 1.00. The van der Waals surface area contributed by atoms with Crippen molar-refractivity contribution in [3.63, 3.8) is 0 Å². The number of rotatable bonds is 4. The monoisotopic (exact) mass is 200 g/mol. The van der Waals surface area contributed by atoms with Crippen LogP contribution in [0.4, 0.5) is 0 Å². The Balaban J connectivity index is 2.51. The molecule has 1 rings (SSSR count). The summed E-state index contributed by atoms with van der Waals surface area (Å²) in [6.45, 7) is 11.5. The molecule has 1 N–H and O–H groups in total. The minimum absolute atomic E-state index is 0.533. The van der Waals surface area contributed by atoms with Crippen molar-refractivity contribution in [3.05, 3.63) is 0 Å². The third-order valence-electron chi connectivity index (χ3n) is 3.46. The third-order valence-corrected chi connectivity index (χ3v) is 3.46. The second kappa shape index (κ2) is 5.10. The van der Waals surface area contributed by atoms with Crippen LogP contribution in [0.5, 0.6) is 0 Å². The maximum atomic E-state index is 10.4. The van der Waals surface area contributed by atoms with Gasteiger partial charge in [0.1, 0.15) is 5.72 Å². The average molecular weight is 200 g/mol. The summed E-state index contributed by atoms with van der Waals surface area (Å²) in [5.41, 5.74) is -0.533. The molecular formula is C11H24N2O.